The number of likely N-dealkylation sites (N-methyl/N-ethyl adjacent to an activating group) is 1. The van der Waals surface area contributed by atoms with Gasteiger partial charge in [-0.3, -0.25) is 0 Å². The van der Waals surface area contributed by atoms with Crippen molar-refractivity contribution in [1.82, 2.24) is 4.90 Å². The second-order valence-corrected chi connectivity index (χ2v) is 5.95. The van der Waals surface area contributed by atoms with Gasteiger partial charge in [0.1, 0.15) is 0 Å². The van der Waals surface area contributed by atoms with Gasteiger partial charge in [-0.25, -0.2) is 8.78 Å². The summed E-state index contributed by atoms with van der Waals surface area (Å²) in [4.78, 5) is 2.22. The van der Waals surface area contributed by atoms with Crippen molar-refractivity contribution in [3.63, 3.8) is 0 Å². The molecular formula is C20H27F2N. The van der Waals surface area contributed by atoms with Crippen LogP contribution in [0.3, 0.4) is 0 Å². The number of benzene rings is 1. The molecule has 0 aliphatic rings. The molecule has 0 spiro atoms. The molecule has 1 aromatic rings. The van der Waals surface area contributed by atoms with Crippen LogP contribution < -0.4 is 0 Å². The highest BCUT2D eigenvalue weighted by Crippen LogP contribution is 2.23. The topological polar surface area (TPSA) is 3.24 Å². The number of hydrogen-bond acceptors (Lipinski definition) is 1. The summed E-state index contributed by atoms with van der Waals surface area (Å²) < 4.78 is 25.6. The van der Waals surface area contributed by atoms with E-state index in [1.807, 2.05) is 18.2 Å². The van der Waals surface area contributed by atoms with Crippen molar-refractivity contribution in [2.45, 2.75) is 40.0 Å². The molecule has 0 saturated carbocycles. The average molecular weight is 319 g/mol. The molecule has 0 saturated heterocycles. The van der Waals surface area contributed by atoms with Crippen molar-refractivity contribution in [3.8, 4) is 0 Å². The van der Waals surface area contributed by atoms with E-state index in [4.69, 9.17) is 0 Å². The van der Waals surface area contributed by atoms with Crippen LogP contribution in [0, 0.1) is 0 Å². The maximum Gasteiger partial charge on any atom is 0.263 e. The Kier molecular flexibility index (Phi) is 7.73. The number of nitrogens with zero attached hydrogens (tertiary/aromatic N) is 1. The van der Waals surface area contributed by atoms with Crippen LogP contribution in [0.25, 0.3) is 5.57 Å². The summed E-state index contributed by atoms with van der Waals surface area (Å²) >= 11 is 0. The number of halogens is 2. The zero-order chi connectivity index (χ0) is 17.4. The van der Waals surface area contributed by atoms with E-state index >= 15 is 0 Å². The van der Waals surface area contributed by atoms with Gasteiger partial charge in [0.2, 0.25) is 0 Å². The third kappa shape index (κ3) is 6.01. The van der Waals surface area contributed by atoms with Gasteiger partial charge >= 0.3 is 0 Å². The molecule has 0 radical (unpaired) electrons. The molecule has 0 fully saturated rings. The van der Waals surface area contributed by atoms with Gasteiger partial charge in [0.25, 0.3) is 6.43 Å². The van der Waals surface area contributed by atoms with Crippen LogP contribution in [0.15, 0.2) is 54.3 Å². The van der Waals surface area contributed by atoms with E-state index in [9.17, 15) is 8.78 Å². The first kappa shape index (κ1) is 19.1. The lowest BCUT2D eigenvalue weighted by molar-refractivity contribution is 0.151. The molecule has 0 N–H and O–H groups in total. The lowest BCUT2D eigenvalue weighted by atomic mass is 10.0. The second kappa shape index (κ2) is 9.29. The summed E-state index contributed by atoms with van der Waals surface area (Å²) in [7, 11) is 2.07. The van der Waals surface area contributed by atoms with E-state index in [1.54, 1.807) is 6.07 Å². The molecule has 0 bridgehead atoms. The van der Waals surface area contributed by atoms with Crippen LogP contribution in [0.4, 0.5) is 8.78 Å². The molecule has 1 nitrogen and oxygen atoms in total. The maximum atomic E-state index is 12.8. The highest BCUT2D eigenvalue weighted by Gasteiger charge is 2.08. The minimum absolute atomic E-state index is 0.0274. The molecule has 0 unspecified atom stereocenters. The predicted molar refractivity (Wildman–Crippen MR) is 95.5 cm³/mol. The van der Waals surface area contributed by atoms with Gasteiger partial charge in [0.15, 0.2) is 0 Å². The number of hydrogen-bond donors (Lipinski definition) is 0. The Hall–Kier alpha value is -1.90. The van der Waals surface area contributed by atoms with Crippen molar-refractivity contribution in [1.29, 1.82) is 0 Å². The first-order valence-corrected chi connectivity index (χ1v) is 8.00. The van der Waals surface area contributed by atoms with Crippen LogP contribution in [-0.4, -0.2) is 18.5 Å². The molecule has 1 rings (SSSR count). The average Bonchev–Trinajstić information content (AvgIpc) is 2.52. The summed E-state index contributed by atoms with van der Waals surface area (Å²) in [6.45, 7) is 11.3. The fourth-order valence-corrected chi connectivity index (χ4v) is 2.34. The predicted octanol–water partition coefficient (Wildman–Crippen LogP) is 6.22. The fourth-order valence-electron chi connectivity index (χ4n) is 2.34. The van der Waals surface area contributed by atoms with Gasteiger partial charge in [0, 0.05) is 24.9 Å². The lowest BCUT2D eigenvalue weighted by Crippen LogP contribution is -2.18. The van der Waals surface area contributed by atoms with E-state index in [2.05, 4.69) is 39.3 Å². The summed E-state index contributed by atoms with van der Waals surface area (Å²) in [5.41, 5.74) is 3.84. The maximum absolute atomic E-state index is 12.8. The molecule has 0 aliphatic carbocycles. The normalized spacial score (nSPS) is 11.1. The standard InChI is InChI=1S/C20H27F2N/c1-6-7-13-23(5)19(15(2)3)12-11-16(4)17-9-8-10-18(14-17)20(21)22/h8-12,14,20H,4,6-7,13H2,1-3,5H3/b12-11-. The first-order chi connectivity index (χ1) is 10.9. The van der Waals surface area contributed by atoms with E-state index in [0.29, 0.717) is 0 Å². The van der Waals surface area contributed by atoms with E-state index in [1.165, 1.54) is 17.7 Å². The van der Waals surface area contributed by atoms with Crippen LogP contribution in [0.2, 0.25) is 0 Å². The van der Waals surface area contributed by atoms with Crippen LogP contribution in [-0.2, 0) is 0 Å². The van der Waals surface area contributed by atoms with E-state index in [-0.39, 0.29) is 5.56 Å². The molecular weight excluding hydrogens is 292 g/mol. The Morgan fingerprint density at radius 1 is 1.26 bits per heavy atom. The van der Waals surface area contributed by atoms with Crippen LogP contribution >= 0.6 is 0 Å². The molecule has 1 aromatic carbocycles. The summed E-state index contributed by atoms with van der Waals surface area (Å²) in [6, 6.07) is 6.39. The van der Waals surface area contributed by atoms with Crippen LogP contribution in [0.5, 0.6) is 0 Å². The van der Waals surface area contributed by atoms with Gasteiger partial charge in [-0.05, 0) is 43.5 Å². The monoisotopic (exact) mass is 319 g/mol. The minimum Gasteiger partial charge on any atom is -0.375 e. The Morgan fingerprint density at radius 3 is 2.52 bits per heavy atom. The van der Waals surface area contributed by atoms with Crippen molar-refractivity contribution in [3.05, 3.63) is 65.4 Å². The Balaban J connectivity index is 2.91. The zero-order valence-electron chi connectivity index (χ0n) is 14.6. The summed E-state index contributed by atoms with van der Waals surface area (Å²) in [5.74, 6) is 0. The third-order valence-electron chi connectivity index (χ3n) is 3.72. The first-order valence-electron chi connectivity index (χ1n) is 8.00. The Bertz CT molecular complexity index is 581. The fraction of sp³-hybridized carbons (Fsp3) is 0.400. The number of unbranched alkanes of at least 4 members (excludes halogenated alkanes) is 1. The van der Waals surface area contributed by atoms with E-state index < -0.39 is 6.43 Å². The molecule has 3 heteroatoms. The molecule has 23 heavy (non-hydrogen) atoms. The highest BCUT2D eigenvalue weighted by molar-refractivity contribution is 5.72. The molecule has 0 aromatic heterocycles. The quantitative estimate of drug-likeness (QED) is 0.514. The van der Waals surface area contributed by atoms with E-state index in [0.717, 1.165) is 36.2 Å². The number of rotatable bonds is 8. The zero-order valence-corrected chi connectivity index (χ0v) is 14.6. The largest absolute Gasteiger partial charge is 0.375 e. The van der Waals surface area contributed by atoms with Gasteiger partial charge in [-0.2, -0.15) is 0 Å². The SMILES string of the molecule is C=C(/C=C\C(=C(C)C)N(C)CCCC)c1cccc(C(F)F)c1. The smallest absolute Gasteiger partial charge is 0.263 e. The van der Waals surface area contributed by atoms with Crippen LogP contribution in [0.1, 0.15) is 51.2 Å². The lowest BCUT2D eigenvalue weighted by Gasteiger charge is -2.22. The Labute approximate surface area is 139 Å². The van der Waals surface area contributed by atoms with Gasteiger partial charge in [-0.1, -0.05) is 49.8 Å². The number of allylic oxidation sites excluding steroid dienone is 4. The Morgan fingerprint density at radius 2 is 1.96 bits per heavy atom. The highest BCUT2D eigenvalue weighted by atomic mass is 19.3. The van der Waals surface area contributed by atoms with Crippen molar-refractivity contribution < 1.29 is 8.78 Å². The third-order valence-corrected chi connectivity index (χ3v) is 3.72. The van der Waals surface area contributed by atoms with Gasteiger partial charge in [0.05, 0.1) is 0 Å². The molecule has 126 valence electrons. The molecule has 0 heterocycles. The molecule has 0 atom stereocenters. The van der Waals surface area contributed by atoms with Crippen molar-refractivity contribution in [2.24, 2.45) is 0 Å². The van der Waals surface area contributed by atoms with Crippen molar-refractivity contribution in [2.75, 3.05) is 13.6 Å². The molecule has 0 amide bonds. The van der Waals surface area contributed by atoms with Gasteiger partial charge < -0.3 is 4.90 Å². The second-order valence-electron chi connectivity index (χ2n) is 5.95. The van der Waals surface area contributed by atoms with Gasteiger partial charge in [-0.15, -0.1) is 0 Å². The van der Waals surface area contributed by atoms with Crippen molar-refractivity contribution >= 4 is 5.57 Å². The summed E-state index contributed by atoms with van der Waals surface area (Å²) in [6.07, 6.45) is 3.74. The number of alkyl halides is 2. The minimum atomic E-state index is -2.46. The molecule has 0 aliphatic heterocycles. The summed E-state index contributed by atoms with van der Waals surface area (Å²) in [5, 5.41) is 0.